The summed E-state index contributed by atoms with van der Waals surface area (Å²) >= 11 is 12.3. The highest BCUT2D eigenvalue weighted by atomic mass is 79.9. The van der Waals surface area contributed by atoms with Crippen LogP contribution in [-0.4, -0.2) is 31.2 Å². The lowest BCUT2D eigenvalue weighted by Gasteiger charge is -2.17. The van der Waals surface area contributed by atoms with Gasteiger partial charge < -0.3 is 15.3 Å². The van der Waals surface area contributed by atoms with Crippen molar-refractivity contribution >= 4 is 68.8 Å². The van der Waals surface area contributed by atoms with Crippen LogP contribution in [0.1, 0.15) is 5.69 Å². The fourth-order valence-electron chi connectivity index (χ4n) is 2.35. The molecular formula is C16H18Br2Cl2N4O3. The average molecular weight is 545 g/mol. The summed E-state index contributed by atoms with van der Waals surface area (Å²) in [6, 6.07) is 8.48. The normalized spacial score (nSPS) is 14.3. The van der Waals surface area contributed by atoms with Crippen molar-refractivity contribution in [3.05, 3.63) is 57.5 Å². The zero-order chi connectivity index (χ0) is 17.8. The number of para-hydroxylation sites is 1. The quantitative estimate of drug-likeness (QED) is 0.458. The maximum atomic E-state index is 11.9. The molecular weight excluding hydrogens is 527 g/mol. The third-order valence-electron chi connectivity index (χ3n) is 3.59. The van der Waals surface area contributed by atoms with Crippen LogP contribution < -0.4 is 14.8 Å². The third kappa shape index (κ3) is 5.61. The number of methoxy groups -OCH3 is 1. The predicted octanol–water partition coefficient (Wildman–Crippen LogP) is 3.82. The molecule has 1 aliphatic rings. The molecule has 1 fully saturated rings. The van der Waals surface area contributed by atoms with Crippen LogP contribution in [0.15, 0.2) is 41.5 Å². The molecule has 1 aromatic carbocycles. The van der Waals surface area contributed by atoms with Crippen molar-refractivity contribution in [3.8, 4) is 5.75 Å². The van der Waals surface area contributed by atoms with Crippen molar-refractivity contribution in [2.75, 3.05) is 20.2 Å². The number of halogens is 4. The Morgan fingerprint density at radius 3 is 2.59 bits per heavy atom. The van der Waals surface area contributed by atoms with Gasteiger partial charge in [-0.25, -0.2) is 10.1 Å². The lowest BCUT2D eigenvalue weighted by molar-refractivity contribution is -0.618. The summed E-state index contributed by atoms with van der Waals surface area (Å²) < 4.78 is 5.91. The van der Waals surface area contributed by atoms with Crippen molar-refractivity contribution in [2.45, 2.75) is 6.61 Å². The molecule has 0 amide bonds. The lowest BCUT2D eigenvalue weighted by Crippen LogP contribution is -2.35. The van der Waals surface area contributed by atoms with Gasteiger partial charge in [-0.05, 0) is 18.2 Å². The number of nitrogens with one attached hydrogen (secondary N) is 1. The van der Waals surface area contributed by atoms with Crippen molar-refractivity contribution in [1.29, 1.82) is 0 Å². The number of hydroxylamine groups is 2. The van der Waals surface area contributed by atoms with Gasteiger partial charge in [0.25, 0.3) is 5.69 Å². The summed E-state index contributed by atoms with van der Waals surface area (Å²) in [5, 5.41) is 17.5. The fraction of sp³-hybridized carbons (Fsp3) is 0.250. The van der Waals surface area contributed by atoms with E-state index in [9.17, 15) is 5.21 Å². The van der Waals surface area contributed by atoms with Crippen LogP contribution in [0.3, 0.4) is 0 Å². The fourth-order valence-corrected chi connectivity index (χ4v) is 2.83. The van der Waals surface area contributed by atoms with Gasteiger partial charge in [-0.1, -0.05) is 29.3 Å². The number of nitrogens with zero attached hydrogens (tertiary/aromatic N) is 3. The highest BCUT2D eigenvalue weighted by molar-refractivity contribution is 8.93. The number of aliphatic imine (C=N–C) groups is 1. The first-order valence-corrected chi connectivity index (χ1v) is 8.28. The molecule has 27 heavy (non-hydrogen) atoms. The van der Waals surface area contributed by atoms with Gasteiger partial charge in [-0.3, -0.25) is 4.84 Å². The highest BCUT2D eigenvalue weighted by Crippen LogP contribution is 2.33. The first kappa shape index (κ1) is 23.8. The number of guanidine groups is 1. The van der Waals surface area contributed by atoms with Crippen molar-refractivity contribution in [2.24, 2.45) is 4.99 Å². The molecule has 148 valence electrons. The topological polar surface area (TPSA) is 73.0 Å². The van der Waals surface area contributed by atoms with Gasteiger partial charge in [0.1, 0.15) is 5.69 Å². The van der Waals surface area contributed by atoms with E-state index in [1.807, 2.05) is 0 Å². The molecule has 0 aliphatic carbocycles. The molecule has 11 heteroatoms. The van der Waals surface area contributed by atoms with E-state index >= 15 is 0 Å². The molecule has 3 rings (SSSR count). The molecule has 2 heterocycles. The number of ether oxygens (including phenoxy) is 1. The summed E-state index contributed by atoms with van der Waals surface area (Å²) in [6.45, 7) is 1.24. The van der Waals surface area contributed by atoms with Crippen molar-refractivity contribution in [1.82, 2.24) is 10.4 Å². The van der Waals surface area contributed by atoms with Crippen molar-refractivity contribution < 1.29 is 14.3 Å². The molecule has 0 saturated carbocycles. The van der Waals surface area contributed by atoms with Gasteiger partial charge in [0.2, 0.25) is 5.96 Å². The van der Waals surface area contributed by atoms with Crippen LogP contribution in [0.2, 0.25) is 10.0 Å². The molecule has 7 nitrogen and oxygen atoms in total. The zero-order valence-corrected chi connectivity index (χ0v) is 19.2. The molecule has 1 aliphatic heterocycles. The molecule has 1 N–H and O–H groups in total. The number of aromatic nitrogens is 1. The van der Waals surface area contributed by atoms with Crippen LogP contribution in [0.5, 0.6) is 5.75 Å². The summed E-state index contributed by atoms with van der Waals surface area (Å²) in [6.07, 6.45) is 1.39. The van der Waals surface area contributed by atoms with E-state index < -0.39 is 0 Å². The van der Waals surface area contributed by atoms with Crippen LogP contribution in [0, 0.1) is 5.21 Å². The Hall–Kier alpha value is -1.26. The Morgan fingerprint density at radius 2 is 1.93 bits per heavy atom. The molecule has 0 atom stereocenters. The highest BCUT2D eigenvalue weighted by Gasteiger charge is 2.23. The largest absolute Gasteiger partial charge is 0.618 e. The van der Waals surface area contributed by atoms with E-state index in [0.717, 1.165) is 0 Å². The van der Waals surface area contributed by atoms with Gasteiger partial charge in [0.05, 0.1) is 23.7 Å². The summed E-state index contributed by atoms with van der Waals surface area (Å²) in [5.74, 6) is 0.930. The Kier molecular flexibility index (Phi) is 9.61. The number of benzene rings is 1. The van der Waals surface area contributed by atoms with Crippen molar-refractivity contribution in [3.63, 3.8) is 0 Å². The smallest absolute Gasteiger partial charge is 0.263 e. The van der Waals surface area contributed by atoms with Crippen LogP contribution >= 0.6 is 57.2 Å². The Morgan fingerprint density at radius 1 is 1.22 bits per heavy atom. The van der Waals surface area contributed by atoms with Gasteiger partial charge >= 0.3 is 0 Å². The second-order valence-corrected chi connectivity index (χ2v) is 5.97. The van der Waals surface area contributed by atoms with E-state index in [1.54, 1.807) is 35.4 Å². The number of hydrogen-bond acceptors (Lipinski definition) is 4. The van der Waals surface area contributed by atoms with E-state index in [-0.39, 0.29) is 40.6 Å². The standard InChI is InChI=1S/C16H16Cl2N4O3.2BrH/c1-24-14-6-3-8-21(23)13(14)10-25-22-9-7-19-16(22)20-15-11(17)4-2-5-12(15)18;;/h2-6,8H,7,9-10H2,1H3,(H,19,20);2*1H. The van der Waals surface area contributed by atoms with Gasteiger partial charge in [-0.2, -0.15) is 4.73 Å². The Labute approximate surface area is 188 Å². The first-order valence-electron chi connectivity index (χ1n) is 7.52. The minimum Gasteiger partial charge on any atom is -0.618 e. The van der Waals surface area contributed by atoms with Crippen LogP contribution in [-0.2, 0) is 11.4 Å². The second kappa shape index (κ2) is 10.9. The Bertz CT molecular complexity index is 791. The maximum absolute atomic E-state index is 11.9. The maximum Gasteiger partial charge on any atom is 0.263 e. The molecule has 0 spiro atoms. The number of hydrogen-bond donors (Lipinski definition) is 1. The first-order chi connectivity index (χ1) is 12.1. The summed E-state index contributed by atoms with van der Waals surface area (Å²) in [7, 11) is 1.50. The Balaban J connectivity index is 0.00000182. The molecule has 2 aromatic rings. The van der Waals surface area contributed by atoms with Gasteiger partial charge in [0.15, 0.2) is 18.6 Å². The van der Waals surface area contributed by atoms with Gasteiger partial charge in [-0.15, -0.1) is 34.0 Å². The molecule has 0 bridgehead atoms. The lowest BCUT2D eigenvalue weighted by atomic mass is 10.3. The SMILES string of the molecule is Br.Br.COc1ccc[n+]([O-])c1CON1CCN/C1=N\c1c(Cl)cccc1Cl. The van der Waals surface area contributed by atoms with E-state index in [4.69, 9.17) is 32.8 Å². The monoisotopic (exact) mass is 542 g/mol. The van der Waals surface area contributed by atoms with Gasteiger partial charge in [0, 0.05) is 12.6 Å². The molecule has 1 aromatic heterocycles. The van der Waals surface area contributed by atoms with E-state index in [1.165, 1.54) is 13.3 Å². The predicted molar refractivity (Wildman–Crippen MR) is 116 cm³/mol. The van der Waals surface area contributed by atoms with Crippen LogP contribution in [0.4, 0.5) is 5.69 Å². The average Bonchev–Trinajstić information content (AvgIpc) is 3.04. The number of pyridine rings is 1. The molecule has 0 radical (unpaired) electrons. The van der Waals surface area contributed by atoms with E-state index in [2.05, 4.69) is 10.3 Å². The second-order valence-electron chi connectivity index (χ2n) is 5.16. The van der Waals surface area contributed by atoms with E-state index in [0.29, 0.717) is 51.0 Å². The molecule has 1 saturated heterocycles. The number of rotatable bonds is 5. The summed E-state index contributed by atoms with van der Waals surface area (Å²) in [4.78, 5) is 10.2. The third-order valence-corrected chi connectivity index (χ3v) is 4.20. The zero-order valence-electron chi connectivity index (χ0n) is 14.2. The minimum atomic E-state index is 0. The molecule has 0 unspecified atom stereocenters. The minimum absolute atomic E-state index is 0. The summed E-state index contributed by atoms with van der Waals surface area (Å²) in [5.41, 5.74) is 0.826. The van der Waals surface area contributed by atoms with Crippen LogP contribution in [0.25, 0.3) is 0 Å².